The Balaban J connectivity index is 2.43. The van der Waals surface area contributed by atoms with Crippen molar-refractivity contribution in [2.75, 3.05) is 0 Å². The number of nitrogens with one attached hydrogen (secondary N) is 1. The van der Waals surface area contributed by atoms with Gasteiger partial charge in [-0.1, -0.05) is 25.1 Å². The zero-order valence-electron chi connectivity index (χ0n) is 11.3. The lowest BCUT2D eigenvalue weighted by molar-refractivity contribution is 0.596. The number of aryl methyl sites for hydroxylation is 1. The fraction of sp³-hybridized carbons (Fsp3) is 0.308. The number of rotatable bonds is 4. The summed E-state index contributed by atoms with van der Waals surface area (Å²) in [6, 6.07) is 7.64. The first-order valence-electron chi connectivity index (χ1n) is 6.22. The Labute approximate surface area is 120 Å². The maximum Gasteiger partial charge on any atom is 0.339 e. The number of aromatic amines is 1. The van der Waals surface area contributed by atoms with Crippen molar-refractivity contribution in [1.29, 1.82) is 0 Å². The zero-order chi connectivity index (χ0) is 14.7. The fourth-order valence-corrected chi connectivity index (χ4v) is 2.74. The molecule has 7 heteroatoms. The van der Waals surface area contributed by atoms with E-state index in [2.05, 4.69) is 10.1 Å². The van der Waals surface area contributed by atoms with E-state index in [1.54, 1.807) is 7.05 Å². The van der Waals surface area contributed by atoms with Gasteiger partial charge in [0.25, 0.3) is 0 Å². The molecule has 0 fully saturated rings. The van der Waals surface area contributed by atoms with Crippen molar-refractivity contribution < 1.29 is 0 Å². The van der Waals surface area contributed by atoms with Crippen molar-refractivity contribution in [1.82, 2.24) is 14.8 Å². The molecule has 0 saturated carbocycles. The Bertz CT molecular complexity index is 723. The molecule has 0 saturated heterocycles. The Morgan fingerprint density at radius 2 is 2.10 bits per heavy atom. The molecule has 0 aliphatic carbocycles. The maximum absolute atomic E-state index is 11.4. The van der Waals surface area contributed by atoms with Crippen molar-refractivity contribution in [3.8, 4) is 0 Å². The molecular weight excluding hydrogens is 276 g/mol. The number of aromatic nitrogens is 3. The average molecular weight is 292 g/mol. The summed E-state index contributed by atoms with van der Waals surface area (Å²) in [5, 5.41) is 2.85. The van der Waals surface area contributed by atoms with Crippen molar-refractivity contribution in [2.45, 2.75) is 29.4 Å². The molecule has 0 spiro atoms. The van der Waals surface area contributed by atoms with Crippen LogP contribution >= 0.6 is 11.8 Å². The van der Waals surface area contributed by atoms with E-state index < -0.39 is 11.1 Å². The molecular formula is C13H16N4O2S. The summed E-state index contributed by atoms with van der Waals surface area (Å²) in [4.78, 5) is 27.2. The molecule has 2 aromatic rings. The minimum atomic E-state index is -0.789. The predicted octanol–water partition coefficient (Wildman–Crippen LogP) is 1.03. The molecule has 0 aliphatic rings. The molecule has 106 valence electrons. The van der Waals surface area contributed by atoms with E-state index in [1.165, 1.54) is 16.4 Å². The second-order valence-corrected chi connectivity index (χ2v) is 5.36. The number of nitrogens with two attached hydrogens (primary N) is 1. The smallest absolute Gasteiger partial charge is 0.324 e. The first kappa shape index (κ1) is 14.5. The number of H-pyrrole nitrogens is 1. The number of benzene rings is 1. The zero-order valence-corrected chi connectivity index (χ0v) is 12.1. The Kier molecular flexibility index (Phi) is 4.41. The van der Waals surface area contributed by atoms with Crippen LogP contribution in [0, 0.1) is 0 Å². The van der Waals surface area contributed by atoms with Crippen LogP contribution in [0.3, 0.4) is 0 Å². The summed E-state index contributed by atoms with van der Waals surface area (Å²) in [6.07, 6.45) is 0.815. The average Bonchev–Trinajstić information content (AvgIpc) is 2.44. The van der Waals surface area contributed by atoms with Crippen LogP contribution in [0.25, 0.3) is 0 Å². The predicted molar refractivity (Wildman–Crippen MR) is 77.9 cm³/mol. The van der Waals surface area contributed by atoms with Crippen LogP contribution in [0.2, 0.25) is 0 Å². The molecule has 0 radical (unpaired) electrons. The first-order chi connectivity index (χ1) is 9.52. The molecule has 1 heterocycles. The van der Waals surface area contributed by atoms with Crippen LogP contribution in [-0.4, -0.2) is 14.8 Å². The van der Waals surface area contributed by atoms with Gasteiger partial charge in [0.1, 0.15) is 0 Å². The van der Waals surface area contributed by atoms with E-state index in [9.17, 15) is 9.59 Å². The van der Waals surface area contributed by atoms with E-state index in [0.29, 0.717) is 5.16 Å². The summed E-state index contributed by atoms with van der Waals surface area (Å²) < 4.78 is 1.43. The Morgan fingerprint density at radius 3 is 2.80 bits per heavy atom. The normalized spacial score (nSPS) is 12.3. The molecule has 6 nitrogen and oxygen atoms in total. The second-order valence-electron chi connectivity index (χ2n) is 4.35. The molecule has 1 unspecified atom stereocenters. The topological polar surface area (TPSA) is 93.8 Å². The molecule has 1 aromatic heterocycles. The van der Waals surface area contributed by atoms with Crippen LogP contribution in [0.4, 0.5) is 0 Å². The minimum Gasteiger partial charge on any atom is -0.324 e. The lowest BCUT2D eigenvalue weighted by Crippen LogP contribution is -2.33. The van der Waals surface area contributed by atoms with Gasteiger partial charge >= 0.3 is 11.1 Å². The Hall–Kier alpha value is -1.86. The standard InChI is InChI=1S/C13H16N4O2S/c1-3-9(14)8-6-4-5-7-10(8)20-13-15-11(18)12(19)16-17(13)2/h4-7,9H,3,14H2,1-2H3,(H,16,19). The summed E-state index contributed by atoms with van der Waals surface area (Å²) in [7, 11) is 1.64. The third kappa shape index (κ3) is 3.00. The second kappa shape index (κ2) is 6.06. The van der Waals surface area contributed by atoms with E-state index in [-0.39, 0.29) is 6.04 Å². The minimum absolute atomic E-state index is 0.0708. The van der Waals surface area contributed by atoms with E-state index in [1.807, 2.05) is 31.2 Å². The summed E-state index contributed by atoms with van der Waals surface area (Å²) in [5.74, 6) is 0. The van der Waals surface area contributed by atoms with E-state index in [4.69, 9.17) is 5.73 Å². The third-order valence-electron chi connectivity index (χ3n) is 2.91. The van der Waals surface area contributed by atoms with Crippen molar-refractivity contribution >= 4 is 11.8 Å². The highest BCUT2D eigenvalue weighted by atomic mass is 32.2. The van der Waals surface area contributed by atoms with Crippen LogP contribution in [-0.2, 0) is 7.05 Å². The van der Waals surface area contributed by atoms with Crippen molar-refractivity contribution in [3.63, 3.8) is 0 Å². The molecule has 0 amide bonds. The van der Waals surface area contributed by atoms with Gasteiger partial charge in [-0.3, -0.25) is 19.4 Å². The van der Waals surface area contributed by atoms with Crippen LogP contribution < -0.4 is 16.9 Å². The van der Waals surface area contributed by atoms with Gasteiger partial charge in [-0.2, -0.15) is 4.98 Å². The SMILES string of the molecule is CCC(N)c1ccccc1Sc1nc(=O)c(=O)[nH]n1C. The van der Waals surface area contributed by atoms with Gasteiger partial charge in [0.2, 0.25) is 0 Å². The van der Waals surface area contributed by atoms with E-state index >= 15 is 0 Å². The number of hydrogen-bond acceptors (Lipinski definition) is 5. The lowest BCUT2D eigenvalue weighted by atomic mass is 10.1. The molecule has 0 aliphatic heterocycles. The molecule has 0 bridgehead atoms. The highest BCUT2D eigenvalue weighted by Gasteiger charge is 2.12. The van der Waals surface area contributed by atoms with Crippen molar-refractivity contribution in [3.05, 3.63) is 50.5 Å². The summed E-state index contributed by atoms with van der Waals surface area (Å²) >= 11 is 1.31. The molecule has 2 rings (SSSR count). The van der Waals surface area contributed by atoms with Crippen LogP contribution in [0.1, 0.15) is 24.9 Å². The lowest BCUT2D eigenvalue weighted by Gasteiger charge is -2.14. The molecule has 1 atom stereocenters. The molecule has 20 heavy (non-hydrogen) atoms. The fourth-order valence-electron chi connectivity index (χ4n) is 1.75. The van der Waals surface area contributed by atoms with E-state index in [0.717, 1.165) is 16.9 Å². The quantitative estimate of drug-likeness (QED) is 0.821. The van der Waals surface area contributed by atoms with Gasteiger partial charge in [-0.15, -0.1) is 0 Å². The van der Waals surface area contributed by atoms with Gasteiger partial charge in [0.15, 0.2) is 5.16 Å². The van der Waals surface area contributed by atoms with Gasteiger partial charge in [-0.25, -0.2) is 0 Å². The van der Waals surface area contributed by atoms with Crippen molar-refractivity contribution in [2.24, 2.45) is 12.8 Å². The van der Waals surface area contributed by atoms with Gasteiger partial charge in [0.05, 0.1) is 0 Å². The highest BCUT2D eigenvalue weighted by molar-refractivity contribution is 7.99. The largest absolute Gasteiger partial charge is 0.339 e. The monoisotopic (exact) mass is 292 g/mol. The van der Waals surface area contributed by atoms with Gasteiger partial charge < -0.3 is 5.73 Å². The summed E-state index contributed by atoms with van der Waals surface area (Å²) in [5.41, 5.74) is 5.57. The third-order valence-corrected chi connectivity index (χ3v) is 4.05. The number of hydrogen-bond donors (Lipinski definition) is 2. The molecule has 1 aromatic carbocycles. The van der Waals surface area contributed by atoms with Gasteiger partial charge in [0, 0.05) is 18.0 Å². The molecule has 3 N–H and O–H groups in total. The first-order valence-corrected chi connectivity index (χ1v) is 7.04. The number of nitrogens with zero attached hydrogens (tertiary/aromatic N) is 2. The van der Waals surface area contributed by atoms with Crippen LogP contribution in [0.5, 0.6) is 0 Å². The van der Waals surface area contributed by atoms with Crippen LogP contribution in [0.15, 0.2) is 43.9 Å². The Morgan fingerprint density at radius 1 is 1.40 bits per heavy atom. The summed E-state index contributed by atoms with van der Waals surface area (Å²) in [6.45, 7) is 2.01. The maximum atomic E-state index is 11.4. The van der Waals surface area contributed by atoms with Gasteiger partial charge in [-0.05, 0) is 29.8 Å². The highest BCUT2D eigenvalue weighted by Crippen LogP contribution is 2.31.